The molecule has 0 aromatic heterocycles. The number of nitrogens with one attached hydrogen (secondary N) is 1. The van der Waals surface area contributed by atoms with Crippen molar-refractivity contribution in [1.29, 1.82) is 0 Å². The zero-order valence-corrected chi connectivity index (χ0v) is 9.60. The predicted octanol–water partition coefficient (Wildman–Crippen LogP) is 1.37. The second-order valence-electron chi connectivity index (χ2n) is 3.10. The Morgan fingerprint density at radius 1 is 1.33 bits per heavy atom. The molecule has 0 fully saturated rings. The molecule has 0 bridgehead atoms. The van der Waals surface area contributed by atoms with E-state index >= 15 is 0 Å². The van der Waals surface area contributed by atoms with Crippen LogP contribution in [-0.4, -0.2) is 19.9 Å². The molecule has 0 amide bonds. The van der Waals surface area contributed by atoms with E-state index in [1.165, 1.54) is 0 Å². The van der Waals surface area contributed by atoms with Gasteiger partial charge in [-0.25, -0.2) is 8.42 Å². The van der Waals surface area contributed by atoms with Gasteiger partial charge >= 0.3 is 0 Å². The highest BCUT2D eigenvalue weighted by molar-refractivity contribution is 7.92. The highest BCUT2D eigenvalue weighted by Gasteiger charge is 2.02. The lowest BCUT2D eigenvalue weighted by atomic mass is 10.1. The summed E-state index contributed by atoms with van der Waals surface area (Å²) in [5.74, 6) is 0. The minimum absolute atomic E-state index is 0.140. The van der Waals surface area contributed by atoms with Gasteiger partial charge in [0.2, 0.25) is 15.3 Å². The van der Waals surface area contributed by atoms with Gasteiger partial charge in [0.25, 0.3) is 0 Å². The Morgan fingerprint density at radius 3 is 2.27 bits per heavy atom. The molecule has 1 N–H and O–H groups in total. The number of hydrogen-bond donors (Lipinski definition) is 1. The molecule has 1 rings (SSSR count). The molecule has 0 spiro atoms. The van der Waals surface area contributed by atoms with Crippen molar-refractivity contribution >= 4 is 32.6 Å². The molecule has 0 aliphatic heterocycles. The van der Waals surface area contributed by atoms with Crippen molar-refractivity contribution in [3.8, 4) is 0 Å². The first-order valence-corrected chi connectivity index (χ1v) is 6.39. The van der Waals surface area contributed by atoms with Gasteiger partial charge in [0.15, 0.2) is 0 Å². The van der Waals surface area contributed by atoms with Crippen LogP contribution in [0.1, 0.15) is 5.56 Å². The fraction of sp³-hybridized carbons (Fsp3) is 0.222. The SMILES string of the molecule is CS(=O)(=O)Nc1ccc(CC(=O)Cl)cc1. The van der Waals surface area contributed by atoms with Crippen LogP contribution in [0.2, 0.25) is 0 Å². The third-order valence-electron chi connectivity index (χ3n) is 1.60. The maximum absolute atomic E-state index is 10.9. The summed E-state index contributed by atoms with van der Waals surface area (Å²) in [6.45, 7) is 0. The number of halogens is 1. The standard InChI is InChI=1S/C9H10ClNO3S/c1-15(13,14)11-8-4-2-7(3-5-8)6-9(10)12/h2-5,11H,6H2,1H3. The third kappa shape index (κ3) is 4.80. The molecule has 15 heavy (non-hydrogen) atoms. The van der Waals surface area contributed by atoms with E-state index in [4.69, 9.17) is 11.6 Å². The van der Waals surface area contributed by atoms with Gasteiger partial charge in [-0.1, -0.05) is 12.1 Å². The van der Waals surface area contributed by atoms with Crippen molar-refractivity contribution in [3.05, 3.63) is 29.8 Å². The van der Waals surface area contributed by atoms with Crippen LogP contribution < -0.4 is 4.72 Å². The first-order chi connectivity index (χ1) is 6.87. The lowest BCUT2D eigenvalue weighted by Gasteiger charge is -2.04. The Kier molecular flexibility index (Phi) is 3.71. The van der Waals surface area contributed by atoms with Gasteiger partial charge in [0.05, 0.1) is 6.26 Å². The van der Waals surface area contributed by atoms with E-state index in [1.54, 1.807) is 24.3 Å². The van der Waals surface area contributed by atoms with Crippen LogP contribution in [-0.2, 0) is 21.2 Å². The highest BCUT2D eigenvalue weighted by atomic mass is 35.5. The minimum atomic E-state index is -3.26. The fourth-order valence-corrected chi connectivity index (χ4v) is 1.78. The topological polar surface area (TPSA) is 63.2 Å². The lowest BCUT2D eigenvalue weighted by Crippen LogP contribution is -2.09. The smallest absolute Gasteiger partial charge is 0.229 e. The molecule has 6 heteroatoms. The Morgan fingerprint density at radius 2 is 1.87 bits per heavy atom. The van der Waals surface area contributed by atoms with E-state index < -0.39 is 15.3 Å². The average molecular weight is 248 g/mol. The van der Waals surface area contributed by atoms with Crippen LogP contribution >= 0.6 is 11.6 Å². The average Bonchev–Trinajstić information content (AvgIpc) is 2.05. The van der Waals surface area contributed by atoms with Crippen LogP contribution in [0.5, 0.6) is 0 Å². The summed E-state index contributed by atoms with van der Waals surface area (Å²) >= 11 is 5.21. The normalized spacial score (nSPS) is 11.1. The third-order valence-corrected chi connectivity index (χ3v) is 2.34. The summed E-state index contributed by atoms with van der Waals surface area (Å²) < 4.78 is 24.1. The first-order valence-electron chi connectivity index (χ1n) is 4.12. The van der Waals surface area contributed by atoms with Crippen LogP contribution in [0.4, 0.5) is 5.69 Å². The first kappa shape index (κ1) is 12.0. The fourth-order valence-electron chi connectivity index (χ4n) is 1.07. The molecular formula is C9H10ClNO3S. The van der Waals surface area contributed by atoms with Crippen molar-refractivity contribution in [2.75, 3.05) is 11.0 Å². The van der Waals surface area contributed by atoms with E-state index in [-0.39, 0.29) is 6.42 Å². The number of carbonyl (C=O) groups excluding carboxylic acids is 1. The van der Waals surface area contributed by atoms with Crippen LogP contribution in [0.25, 0.3) is 0 Å². The molecule has 0 radical (unpaired) electrons. The van der Waals surface area contributed by atoms with E-state index in [1.807, 2.05) is 0 Å². The van der Waals surface area contributed by atoms with Crippen molar-refractivity contribution in [2.45, 2.75) is 6.42 Å². The molecule has 0 heterocycles. The maximum atomic E-state index is 10.9. The number of hydrogen-bond acceptors (Lipinski definition) is 3. The quantitative estimate of drug-likeness (QED) is 0.818. The molecule has 0 unspecified atom stereocenters. The van der Waals surface area contributed by atoms with Gasteiger partial charge in [-0.3, -0.25) is 9.52 Å². The van der Waals surface area contributed by atoms with E-state index in [9.17, 15) is 13.2 Å². The molecule has 0 aliphatic rings. The van der Waals surface area contributed by atoms with Crippen molar-refractivity contribution in [1.82, 2.24) is 0 Å². The number of benzene rings is 1. The Hall–Kier alpha value is -1.07. The Balaban J connectivity index is 2.77. The number of sulfonamides is 1. The number of carbonyl (C=O) groups is 1. The molecule has 1 aromatic carbocycles. The summed E-state index contributed by atoms with van der Waals surface area (Å²) in [5.41, 5.74) is 1.21. The van der Waals surface area contributed by atoms with E-state index in [0.29, 0.717) is 5.69 Å². The minimum Gasteiger partial charge on any atom is -0.284 e. The summed E-state index contributed by atoms with van der Waals surface area (Å²) in [5, 5.41) is -0.446. The van der Waals surface area contributed by atoms with Crippen LogP contribution in [0.3, 0.4) is 0 Å². The second kappa shape index (κ2) is 4.63. The molecule has 1 aromatic rings. The molecule has 4 nitrogen and oxygen atoms in total. The van der Waals surface area contributed by atoms with Crippen LogP contribution in [0, 0.1) is 0 Å². The van der Waals surface area contributed by atoms with E-state index in [0.717, 1.165) is 11.8 Å². The zero-order chi connectivity index (χ0) is 11.5. The number of rotatable bonds is 4. The summed E-state index contributed by atoms with van der Waals surface area (Å²) in [6.07, 6.45) is 1.21. The molecule has 0 aliphatic carbocycles. The monoisotopic (exact) mass is 247 g/mol. The van der Waals surface area contributed by atoms with Crippen LogP contribution in [0.15, 0.2) is 24.3 Å². The molecule has 0 saturated heterocycles. The largest absolute Gasteiger partial charge is 0.284 e. The second-order valence-corrected chi connectivity index (χ2v) is 5.27. The van der Waals surface area contributed by atoms with Gasteiger partial charge in [-0.2, -0.15) is 0 Å². The van der Waals surface area contributed by atoms with Crippen molar-refractivity contribution in [3.63, 3.8) is 0 Å². The van der Waals surface area contributed by atoms with Gasteiger partial charge in [-0.15, -0.1) is 0 Å². The van der Waals surface area contributed by atoms with Crippen molar-refractivity contribution in [2.24, 2.45) is 0 Å². The zero-order valence-electron chi connectivity index (χ0n) is 8.03. The Bertz CT molecular complexity index is 453. The summed E-state index contributed by atoms with van der Waals surface area (Å²) in [6, 6.07) is 6.45. The van der Waals surface area contributed by atoms with Gasteiger partial charge in [0.1, 0.15) is 0 Å². The van der Waals surface area contributed by atoms with Gasteiger partial charge in [0, 0.05) is 12.1 Å². The molecular weight excluding hydrogens is 238 g/mol. The predicted molar refractivity (Wildman–Crippen MR) is 59.5 cm³/mol. The molecule has 0 saturated carbocycles. The lowest BCUT2D eigenvalue weighted by molar-refractivity contribution is -0.111. The van der Waals surface area contributed by atoms with Crippen molar-refractivity contribution < 1.29 is 13.2 Å². The molecule has 0 atom stereocenters. The summed E-state index contributed by atoms with van der Waals surface area (Å²) in [7, 11) is -3.26. The highest BCUT2D eigenvalue weighted by Crippen LogP contribution is 2.11. The van der Waals surface area contributed by atoms with Gasteiger partial charge < -0.3 is 0 Å². The number of anilines is 1. The summed E-state index contributed by atoms with van der Waals surface area (Å²) in [4.78, 5) is 10.6. The van der Waals surface area contributed by atoms with E-state index in [2.05, 4.69) is 4.72 Å². The Labute approximate surface area is 93.3 Å². The molecule has 82 valence electrons. The van der Waals surface area contributed by atoms with Gasteiger partial charge in [-0.05, 0) is 29.3 Å². The maximum Gasteiger partial charge on any atom is 0.229 e.